The summed E-state index contributed by atoms with van der Waals surface area (Å²) in [5.74, 6) is 1.14. The van der Waals surface area contributed by atoms with Gasteiger partial charge < -0.3 is 4.90 Å². The van der Waals surface area contributed by atoms with Crippen LogP contribution in [0.25, 0.3) is 11.7 Å². The van der Waals surface area contributed by atoms with Gasteiger partial charge in [0.15, 0.2) is 0 Å². The lowest BCUT2D eigenvalue weighted by Gasteiger charge is -2.32. The van der Waals surface area contributed by atoms with Gasteiger partial charge in [0.2, 0.25) is 0 Å². The summed E-state index contributed by atoms with van der Waals surface area (Å²) in [6.45, 7) is 3.95. The van der Waals surface area contributed by atoms with E-state index in [4.69, 9.17) is 17.2 Å². The number of hydrogen-bond acceptors (Lipinski definition) is 6. The summed E-state index contributed by atoms with van der Waals surface area (Å²) in [5, 5.41) is 0. The molecule has 140 valence electrons. The summed E-state index contributed by atoms with van der Waals surface area (Å²) in [6.07, 6.45) is 5.48. The summed E-state index contributed by atoms with van der Waals surface area (Å²) in [6, 6.07) is 5.49. The topological polar surface area (TPSA) is 57.9 Å². The van der Waals surface area contributed by atoms with Crippen molar-refractivity contribution < 1.29 is 4.79 Å². The van der Waals surface area contributed by atoms with Crippen LogP contribution >= 0.6 is 24.0 Å². The Balaban J connectivity index is 1.88. The molecule has 2 fully saturated rings. The number of carbonyl (C=O) groups is 1. The second-order valence-corrected chi connectivity index (χ2v) is 8.67. The molecule has 2 aromatic rings. The van der Waals surface area contributed by atoms with Crippen molar-refractivity contribution in [3.05, 3.63) is 45.2 Å². The molecule has 0 atom stereocenters. The van der Waals surface area contributed by atoms with Gasteiger partial charge in [-0.05, 0) is 37.0 Å². The zero-order valence-corrected chi connectivity index (χ0v) is 16.8. The Morgan fingerprint density at radius 1 is 1.26 bits per heavy atom. The second kappa shape index (κ2) is 7.09. The minimum absolute atomic E-state index is 0.171. The lowest BCUT2D eigenvalue weighted by molar-refractivity contribution is -0.121. The van der Waals surface area contributed by atoms with Crippen molar-refractivity contribution in [3.8, 4) is 0 Å². The number of thioether (sulfide) groups is 1. The van der Waals surface area contributed by atoms with Crippen LogP contribution in [0.1, 0.15) is 25.3 Å². The molecule has 0 N–H and O–H groups in total. The number of aromatic nitrogens is 2. The largest absolute Gasteiger partial charge is 0.356 e. The monoisotopic (exact) mass is 400 g/mol. The number of anilines is 1. The SMILES string of the molecule is CC1CCN(c2nc3ccccn3c(=O)c2/C=C2\SC(=S)N(C)C2=O)CC1. The minimum Gasteiger partial charge on any atom is -0.356 e. The van der Waals surface area contributed by atoms with E-state index in [1.165, 1.54) is 21.1 Å². The molecule has 2 saturated heterocycles. The first-order valence-corrected chi connectivity index (χ1v) is 10.2. The molecule has 0 radical (unpaired) electrons. The highest BCUT2D eigenvalue weighted by Crippen LogP contribution is 2.33. The highest BCUT2D eigenvalue weighted by molar-refractivity contribution is 8.26. The first-order valence-electron chi connectivity index (χ1n) is 8.93. The summed E-state index contributed by atoms with van der Waals surface area (Å²) in [5.41, 5.74) is 0.883. The first kappa shape index (κ1) is 18.2. The van der Waals surface area contributed by atoms with E-state index in [0.29, 0.717) is 32.2 Å². The number of pyridine rings is 1. The third kappa shape index (κ3) is 3.27. The lowest BCUT2D eigenvalue weighted by atomic mass is 9.99. The summed E-state index contributed by atoms with van der Waals surface area (Å²) >= 11 is 6.43. The van der Waals surface area contributed by atoms with Gasteiger partial charge in [-0.25, -0.2) is 4.98 Å². The van der Waals surface area contributed by atoms with E-state index in [-0.39, 0.29) is 11.5 Å². The molecule has 4 rings (SSSR count). The van der Waals surface area contributed by atoms with Crippen molar-refractivity contribution in [1.29, 1.82) is 0 Å². The standard InChI is InChI=1S/C19H20N4O2S2/c1-12-6-9-22(10-7-12)16-13(11-14-18(25)21(2)19(26)27-14)17(24)23-8-4-3-5-15(23)20-16/h3-5,8,11-12H,6-7,9-10H2,1-2H3/b14-11-. The Morgan fingerprint density at radius 2 is 2.00 bits per heavy atom. The normalized spacial score (nSPS) is 20.3. The van der Waals surface area contributed by atoms with Crippen molar-refractivity contribution in [2.24, 2.45) is 5.92 Å². The van der Waals surface area contributed by atoms with Gasteiger partial charge in [-0.15, -0.1) is 0 Å². The smallest absolute Gasteiger partial charge is 0.267 e. The molecule has 0 aliphatic carbocycles. The van der Waals surface area contributed by atoms with Gasteiger partial charge in [-0.3, -0.25) is 18.9 Å². The number of rotatable bonds is 2. The average molecular weight is 401 g/mol. The molecular weight excluding hydrogens is 380 g/mol. The van der Waals surface area contributed by atoms with Crippen molar-refractivity contribution in [1.82, 2.24) is 14.3 Å². The van der Waals surface area contributed by atoms with E-state index < -0.39 is 0 Å². The molecule has 0 aromatic carbocycles. The van der Waals surface area contributed by atoms with E-state index in [0.717, 1.165) is 25.9 Å². The molecule has 4 heterocycles. The third-order valence-corrected chi connectivity index (χ3v) is 6.58. The van der Waals surface area contributed by atoms with Gasteiger partial charge in [0.25, 0.3) is 11.5 Å². The number of thiocarbonyl (C=S) groups is 1. The molecule has 6 nitrogen and oxygen atoms in total. The van der Waals surface area contributed by atoms with Crippen LogP contribution in [0, 0.1) is 5.92 Å². The lowest BCUT2D eigenvalue weighted by Crippen LogP contribution is -2.36. The highest BCUT2D eigenvalue weighted by Gasteiger charge is 2.30. The van der Waals surface area contributed by atoms with Crippen LogP contribution in [-0.2, 0) is 4.79 Å². The minimum atomic E-state index is -0.180. The molecule has 1 amide bonds. The molecular formula is C19H20N4O2S2. The molecule has 0 saturated carbocycles. The number of amides is 1. The fraction of sp³-hybridized carbons (Fsp3) is 0.368. The summed E-state index contributed by atoms with van der Waals surface area (Å²) in [4.78, 5) is 34.4. The molecule has 8 heteroatoms. The van der Waals surface area contributed by atoms with E-state index in [1.54, 1.807) is 25.4 Å². The van der Waals surface area contributed by atoms with E-state index >= 15 is 0 Å². The Labute approximate surface area is 166 Å². The number of nitrogens with zero attached hydrogens (tertiary/aromatic N) is 4. The molecule has 2 aliphatic heterocycles. The maximum Gasteiger partial charge on any atom is 0.267 e. The van der Waals surface area contributed by atoms with Gasteiger partial charge in [0, 0.05) is 26.3 Å². The number of fused-ring (bicyclic) bond motifs is 1. The van der Waals surface area contributed by atoms with Crippen LogP contribution in [0.4, 0.5) is 5.82 Å². The predicted octanol–water partition coefficient (Wildman–Crippen LogP) is 2.76. The summed E-state index contributed by atoms with van der Waals surface area (Å²) < 4.78 is 2.02. The highest BCUT2D eigenvalue weighted by atomic mass is 32.2. The molecule has 0 spiro atoms. The third-order valence-electron chi connectivity index (χ3n) is 5.09. The van der Waals surface area contributed by atoms with Gasteiger partial charge in [0.1, 0.15) is 15.8 Å². The van der Waals surface area contributed by atoms with Crippen LogP contribution < -0.4 is 10.5 Å². The molecule has 0 unspecified atom stereocenters. The summed E-state index contributed by atoms with van der Waals surface area (Å²) in [7, 11) is 1.65. The van der Waals surface area contributed by atoms with Crippen molar-refractivity contribution in [3.63, 3.8) is 0 Å². The molecule has 2 aliphatic rings. The molecule has 0 bridgehead atoms. The zero-order chi connectivity index (χ0) is 19.1. The van der Waals surface area contributed by atoms with Crippen molar-refractivity contribution >= 4 is 51.7 Å². The van der Waals surface area contributed by atoms with Gasteiger partial charge >= 0.3 is 0 Å². The van der Waals surface area contributed by atoms with E-state index in [1.807, 2.05) is 12.1 Å². The number of hydrogen-bond donors (Lipinski definition) is 0. The fourth-order valence-corrected chi connectivity index (χ4v) is 4.52. The van der Waals surface area contributed by atoms with Crippen molar-refractivity contribution in [2.45, 2.75) is 19.8 Å². The maximum absolute atomic E-state index is 13.2. The van der Waals surface area contributed by atoms with Crippen LogP contribution in [0.2, 0.25) is 0 Å². The van der Waals surface area contributed by atoms with Crippen molar-refractivity contribution in [2.75, 3.05) is 25.0 Å². The number of piperidine rings is 1. The number of likely N-dealkylation sites (N-methyl/N-ethyl adjacent to an activating group) is 1. The Bertz CT molecular complexity index is 1020. The van der Waals surface area contributed by atoms with Gasteiger partial charge in [-0.2, -0.15) is 0 Å². The van der Waals surface area contributed by atoms with Crippen LogP contribution in [0.3, 0.4) is 0 Å². The first-order chi connectivity index (χ1) is 13.0. The Kier molecular flexibility index (Phi) is 4.77. The molecule has 27 heavy (non-hydrogen) atoms. The maximum atomic E-state index is 13.2. The van der Waals surface area contributed by atoms with Gasteiger partial charge in [0.05, 0.1) is 10.5 Å². The Hall–Kier alpha value is -2.19. The average Bonchev–Trinajstić information content (AvgIpc) is 2.91. The molecule has 2 aromatic heterocycles. The fourth-order valence-electron chi connectivity index (χ4n) is 3.36. The van der Waals surface area contributed by atoms with Crippen LogP contribution in [-0.4, -0.2) is 44.6 Å². The second-order valence-electron chi connectivity index (χ2n) is 6.99. The predicted molar refractivity (Wildman–Crippen MR) is 113 cm³/mol. The zero-order valence-electron chi connectivity index (χ0n) is 15.2. The quantitative estimate of drug-likeness (QED) is 0.571. The van der Waals surface area contributed by atoms with E-state index in [9.17, 15) is 9.59 Å². The van der Waals surface area contributed by atoms with Gasteiger partial charge in [-0.1, -0.05) is 37.0 Å². The number of carbonyl (C=O) groups excluding carboxylic acids is 1. The van der Waals surface area contributed by atoms with E-state index in [2.05, 4.69) is 11.8 Å². The van der Waals surface area contributed by atoms with Crippen LogP contribution in [0.15, 0.2) is 34.1 Å². The Morgan fingerprint density at radius 3 is 2.67 bits per heavy atom. The van der Waals surface area contributed by atoms with Crippen LogP contribution in [0.5, 0.6) is 0 Å².